The fourth-order valence-electron chi connectivity index (χ4n) is 2.88. The van der Waals surface area contributed by atoms with Crippen molar-refractivity contribution in [2.24, 2.45) is 14.1 Å². The maximum atomic E-state index is 12.6. The van der Waals surface area contributed by atoms with Crippen molar-refractivity contribution in [1.82, 2.24) is 29.4 Å². The number of carbonyl (C=O) groups excluding carboxylic acids is 1. The maximum Gasteiger partial charge on any atom is 0.320 e. The summed E-state index contributed by atoms with van der Waals surface area (Å²) in [5.74, 6) is -0.345. The van der Waals surface area contributed by atoms with Crippen LogP contribution in [0.1, 0.15) is 16.1 Å². The van der Waals surface area contributed by atoms with Gasteiger partial charge in [-0.1, -0.05) is 0 Å². The number of nitro groups is 1. The van der Waals surface area contributed by atoms with E-state index in [1.807, 2.05) is 19.4 Å². The number of rotatable bonds is 4. The normalized spacial score (nSPS) is 15.7. The van der Waals surface area contributed by atoms with Gasteiger partial charge in [0.1, 0.15) is 6.20 Å². The fraction of sp³-hybridized carbons (Fsp3) is 0.500. The van der Waals surface area contributed by atoms with E-state index in [-0.39, 0.29) is 17.3 Å². The summed E-state index contributed by atoms with van der Waals surface area (Å²) in [5, 5.41) is 19.0. The molecule has 2 aromatic rings. The topological polar surface area (TPSA) is 102 Å². The molecule has 10 nitrogen and oxygen atoms in total. The summed E-state index contributed by atoms with van der Waals surface area (Å²) in [6, 6.07) is 0. The second kappa shape index (κ2) is 6.40. The van der Waals surface area contributed by atoms with Crippen LogP contribution in [0.2, 0.25) is 0 Å². The molecular weight excluding hydrogens is 314 g/mol. The molecule has 0 spiro atoms. The molecule has 0 bridgehead atoms. The molecule has 24 heavy (non-hydrogen) atoms. The predicted octanol–water partition coefficient (Wildman–Crippen LogP) is 0.0198. The minimum absolute atomic E-state index is 0.0284. The van der Waals surface area contributed by atoms with Crippen LogP contribution < -0.4 is 0 Å². The number of carbonyl (C=O) groups is 1. The lowest BCUT2D eigenvalue weighted by atomic mass is 10.2. The fourth-order valence-corrected chi connectivity index (χ4v) is 2.88. The quantitative estimate of drug-likeness (QED) is 0.577. The number of hydrogen-bond donors (Lipinski definition) is 0. The largest absolute Gasteiger partial charge is 0.335 e. The minimum atomic E-state index is -0.571. The van der Waals surface area contributed by atoms with E-state index in [2.05, 4.69) is 15.1 Å². The van der Waals surface area contributed by atoms with E-state index in [1.165, 1.54) is 4.68 Å². The number of piperazine rings is 1. The van der Waals surface area contributed by atoms with Crippen LogP contribution in [0.25, 0.3) is 0 Å². The van der Waals surface area contributed by atoms with Gasteiger partial charge in [0.15, 0.2) is 0 Å². The second-order valence-corrected chi connectivity index (χ2v) is 5.85. The summed E-state index contributed by atoms with van der Waals surface area (Å²) in [6.45, 7) is 3.27. The molecule has 0 N–H and O–H groups in total. The molecule has 1 aliphatic heterocycles. The van der Waals surface area contributed by atoms with Crippen molar-refractivity contribution >= 4 is 11.6 Å². The molecule has 0 aromatic carbocycles. The number of aromatic nitrogens is 4. The molecule has 0 atom stereocenters. The zero-order valence-corrected chi connectivity index (χ0v) is 13.6. The van der Waals surface area contributed by atoms with E-state index < -0.39 is 4.92 Å². The Morgan fingerprint density at radius 3 is 2.50 bits per heavy atom. The van der Waals surface area contributed by atoms with Gasteiger partial charge in [0, 0.05) is 58.6 Å². The molecule has 0 radical (unpaired) electrons. The summed E-state index contributed by atoms with van der Waals surface area (Å²) in [6.07, 6.45) is 4.92. The average molecular weight is 333 g/mol. The van der Waals surface area contributed by atoms with Crippen molar-refractivity contribution in [2.75, 3.05) is 26.2 Å². The van der Waals surface area contributed by atoms with Gasteiger partial charge in [-0.25, -0.2) is 0 Å². The van der Waals surface area contributed by atoms with Gasteiger partial charge in [0.05, 0.1) is 11.1 Å². The second-order valence-electron chi connectivity index (χ2n) is 5.85. The molecule has 2 aromatic heterocycles. The van der Waals surface area contributed by atoms with Crippen LogP contribution in [0.3, 0.4) is 0 Å². The molecule has 0 unspecified atom stereocenters. The first-order valence-corrected chi connectivity index (χ1v) is 7.61. The van der Waals surface area contributed by atoms with Crippen molar-refractivity contribution < 1.29 is 9.72 Å². The van der Waals surface area contributed by atoms with Crippen molar-refractivity contribution in [1.29, 1.82) is 0 Å². The Labute approximate surface area is 138 Å². The van der Waals surface area contributed by atoms with Gasteiger partial charge in [0.25, 0.3) is 5.91 Å². The third kappa shape index (κ3) is 3.13. The van der Waals surface area contributed by atoms with E-state index in [1.54, 1.807) is 16.6 Å². The van der Waals surface area contributed by atoms with Gasteiger partial charge < -0.3 is 4.90 Å². The third-order valence-corrected chi connectivity index (χ3v) is 4.14. The van der Waals surface area contributed by atoms with Gasteiger partial charge in [-0.15, -0.1) is 0 Å². The Kier molecular flexibility index (Phi) is 4.30. The predicted molar refractivity (Wildman–Crippen MR) is 84.3 cm³/mol. The van der Waals surface area contributed by atoms with Crippen LogP contribution in [0.5, 0.6) is 0 Å². The molecule has 1 fully saturated rings. The number of nitrogens with zero attached hydrogens (tertiary/aromatic N) is 7. The lowest BCUT2D eigenvalue weighted by Crippen LogP contribution is -2.48. The summed E-state index contributed by atoms with van der Waals surface area (Å²) in [5.41, 5.74) is 0.903. The summed E-state index contributed by atoms with van der Waals surface area (Å²) < 4.78 is 3.03. The molecule has 0 saturated carbocycles. The van der Waals surface area contributed by atoms with Crippen LogP contribution in [-0.4, -0.2) is 66.4 Å². The monoisotopic (exact) mass is 333 g/mol. The average Bonchev–Trinajstić information content (AvgIpc) is 3.13. The van der Waals surface area contributed by atoms with Crippen molar-refractivity contribution in [2.45, 2.75) is 6.54 Å². The van der Waals surface area contributed by atoms with Gasteiger partial charge in [0.2, 0.25) is 5.69 Å². The van der Waals surface area contributed by atoms with Crippen LogP contribution in [0.4, 0.5) is 5.69 Å². The molecule has 3 heterocycles. The molecular formula is C14H19N7O3. The Hall–Kier alpha value is -2.75. The van der Waals surface area contributed by atoms with Gasteiger partial charge in [-0.2, -0.15) is 10.2 Å². The molecule has 3 rings (SSSR count). The molecule has 128 valence electrons. The molecule has 10 heteroatoms. The smallest absolute Gasteiger partial charge is 0.320 e. The first kappa shape index (κ1) is 16.1. The lowest BCUT2D eigenvalue weighted by Gasteiger charge is -2.34. The van der Waals surface area contributed by atoms with Gasteiger partial charge in [-0.05, 0) is 0 Å². The van der Waals surface area contributed by atoms with Crippen molar-refractivity contribution in [3.63, 3.8) is 0 Å². The van der Waals surface area contributed by atoms with E-state index in [9.17, 15) is 14.9 Å². The van der Waals surface area contributed by atoms with E-state index in [0.29, 0.717) is 26.2 Å². The first-order chi connectivity index (χ1) is 11.5. The highest BCUT2D eigenvalue weighted by atomic mass is 16.6. The molecule has 1 aliphatic rings. The third-order valence-electron chi connectivity index (χ3n) is 4.14. The maximum absolute atomic E-state index is 12.6. The highest BCUT2D eigenvalue weighted by Crippen LogP contribution is 2.20. The highest BCUT2D eigenvalue weighted by Gasteiger charge is 2.31. The zero-order valence-electron chi connectivity index (χ0n) is 13.6. The number of hydrogen-bond acceptors (Lipinski definition) is 6. The molecule has 0 aliphatic carbocycles. The van der Waals surface area contributed by atoms with Crippen molar-refractivity contribution in [3.8, 4) is 0 Å². The standard InChI is InChI=1S/C14H19N7O3/c1-17-9-11(7-15-17)10-19-3-5-20(6-4-19)14(22)13-12(21(23)24)8-16-18(13)2/h7-9H,3-6,10H2,1-2H3. The summed E-state index contributed by atoms with van der Waals surface area (Å²) >= 11 is 0. The Morgan fingerprint density at radius 1 is 1.21 bits per heavy atom. The Bertz CT molecular complexity index is 758. The molecule has 1 amide bonds. The number of amides is 1. The molecule has 1 saturated heterocycles. The Morgan fingerprint density at radius 2 is 1.92 bits per heavy atom. The first-order valence-electron chi connectivity index (χ1n) is 7.61. The van der Waals surface area contributed by atoms with E-state index in [4.69, 9.17) is 0 Å². The lowest BCUT2D eigenvalue weighted by molar-refractivity contribution is -0.385. The van der Waals surface area contributed by atoms with Gasteiger partial charge in [-0.3, -0.25) is 29.2 Å². The van der Waals surface area contributed by atoms with Crippen LogP contribution in [0, 0.1) is 10.1 Å². The minimum Gasteiger partial charge on any atom is -0.335 e. The van der Waals surface area contributed by atoms with Gasteiger partial charge >= 0.3 is 5.69 Å². The van der Waals surface area contributed by atoms with Crippen LogP contribution in [-0.2, 0) is 20.6 Å². The Balaban J connectivity index is 1.63. The summed E-state index contributed by atoms with van der Waals surface area (Å²) in [4.78, 5) is 27.0. The number of aryl methyl sites for hydroxylation is 2. The highest BCUT2D eigenvalue weighted by molar-refractivity contribution is 5.96. The van der Waals surface area contributed by atoms with E-state index in [0.717, 1.165) is 18.3 Å². The van der Waals surface area contributed by atoms with Crippen molar-refractivity contribution in [3.05, 3.63) is 40.0 Å². The van der Waals surface area contributed by atoms with Crippen LogP contribution in [0.15, 0.2) is 18.6 Å². The summed E-state index contributed by atoms with van der Waals surface area (Å²) in [7, 11) is 3.42. The van der Waals surface area contributed by atoms with E-state index >= 15 is 0 Å². The SMILES string of the molecule is Cn1cc(CN2CCN(C(=O)c3c([N+](=O)[O-])cnn3C)CC2)cn1. The van der Waals surface area contributed by atoms with Crippen LogP contribution >= 0.6 is 0 Å². The zero-order chi connectivity index (χ0) is 17.3.